The van der Waals surface area contributed by atoms with Crippen molar-refractivity contribution in [2.45, 2.75) is 24.9 Å². The fourth-order valence-electron chi connectivity index (χ4n) is 4.19. The molecule has 1 aromatic heterocycles. The quantitative estimate of drug-likeness (QED) is 0.422. The zero-order valence-corrected chi connectivity index (χ0v) is 18.0. The minimum atomic E-state index is -0.274. The minimum absolute atomic E-state index is 0.0940. The number of piperidine rings is 1. The fraction of sp³-hybridized carbons (Fsp3) is 0.231. The van der Waals surface area contributed by atoms with E-state index in [-0.39, 0.29) is 17.9 Å². The van der Waals surface area contributed by atoms with Crippen LogP contribution in [0.3, 0.4) is 0 Å². The van der Waals surface area contributed by atoms with E-state index >= 15 is 0 Å². The van der Waals surface area contributed by atoms with Crippen molar-refractivity contribution in [2.24, 2.45) is 0 Å². The molecule has 1 aliphatic heterocycles. The molecule has 4 nitrogen and oxygen atoms in total. The van der Waals surface area contributed by atoms with E-state index < -0.39 is 0 Å². The molecular formula is C26H24N2O2S. The Morgan fingerprint density at radius 2 is 1.45 bits per heavy atom. The van der Waals surface area contributed by atoms with Gasteiger partial charge in [-0.2, -0.15) is 0 Å². The van der Waals surface area contributed by atoms with E-state index in [1.165, 1.54) is 0 Å². The number of rotatable bonds is 5. The average Bonchev–Trinajstić information content (AvgIpc) is 3.23. The molecule has 0 radical (unpaired) electrons. The maximum absolute atomic E-state index is 13.6. The van der Waals surface area contributed by atoms with E-state index in [4.69, 9.17) is 4.74 Å². The molecule has 2 heterocycles. The fourth-order valence-corrected chi connectivity index (χ4v) is 5.07. The van der Waals surface area contributed by atoms with Crippen LogP contribution in [-0.2, 0) is 4.79 Å². The highest BCUT2D eigenvalue weighted by Gasteiger charge is 2.31. The molecule has 0 N–H and O–H groups in total. The summed E-state index contributed by atoms with van der Waals surface area (Å²) < 4.78 is 7.31. The number of carbonyl (C=O) groups excluding carboxylic acids is 1. The summed E-state index contributed by atoms with van der Waals surface area (Å²) in [5, 5.41) is 0.720. The minimum Gasteiger partial charge on any atom is -0.467 e. The number of ether oxygens (including phenoxy) is 1. The molecule has 0 aliphatic carbocycles. The summed E-state index contributed by atoms with van der Waals surface area (Å²) in [6, 6.07) is 28.2. The Labute approximate surface area is 186 Å². The Morgan fingerprint density at radius 3 is 2.06 bits per heavy atom. The lowest BCUT2D eigenvalue weighted by atomic mass is 9.89. The van der Waals surface area contributed by atoms with Crippen molar-refractivity contribution in [3.05, 3.63) is 96.1 Å². The first-order valence-electron chi connectivity index (χ1n) is 10.7. The van der Waals surface area contributed by atoms with Crippen molar-refractivity contribution in [1.82, 2.24) is 9.88 Å². The second kappa shape index (κ2) is 8.90. The van der Waals surface area contributed by atoms with Gasteiger partial charge in [-0.15, -0.1) is 0 Å². The monoisotopic (exact) mass is 428 g/mol. The number of amides is 1. The third-order valence-corrected chi connectivity index (χ3v) is 6.74. The number of hydrogen-bond donors (Lipinski definition) is 0. The van der Waals surface area contributed by atoms with Crippen LogP contribution in [0.2, 0.25) is 0 Å². The molecule has 0 bridgehead atoms. The van der Waals surface area contributed by atoms with E-state index in [9.17, 15) is 4.79 Å². The van der Waals surface area contributed by atoms with E-state index in [1.54, 1.807) is 11.3 Å². The number of para-hydroxylation sites is 1. The first kappa shape index (κ1) is 19.8. The molecule has 0 spiro atoms. The number of hydrogen-bond acceptors (Lipinski definition) is 4. The standard InChI is InChI=1S/C26H24N2O2S/c29-25(24(19-9-3-1-4-10-19)20-11-5-2-6-12-20)28-17-15-21(16-18-28)30-26-27-22-13-7-8-14-23(22)31-26/h1-14,21,24H,15-18H2. The third-order valence-electron chi connectivity index (χ3n) is 5.81. The SMILES string of the molecule is O=C(C(c1ccccc1)c1ccccc1)N1CCC(Oc2nc3ccccc3s2)CC1. The number of fused-ring (bicyclic) bond motifs is 1. The van der Waals surface area contributed by atoms with Gasteiger partial charge in [0, 0.05) is 25.9 Å². The van der Waals surface area contributed by atoms with E-state index in [0.29, 0.717) is 13.1 Å². The van der Waals surface area contributed by atoms with Crippen molar-refractivity contribution in [3.8, 4) is 5.19 Å². The van der Waals surface area contributed by atoms with Gasteiger partial charge in [0.15, 0.2) is 0 Å². The molecular weight excluding hydrogens is 404 g/mol. The summed E-state index contributed by atoms with van der Waals surface area (Å²) >= 11 is 1.58. The lowest BCUT2D eigenvalue weighted by Gasteiger charge is -2.34. The smallest absolute Gasteiger partial charge is 0.274 e. The first-order chi connectivity index (χ1) is 15.3. The molecule has 1 aliphatic rings. The number of carbonyl (C=O) groups is 1. The molecule has 3 aromatic carbocycles. The van der Waals surface area contributed by atoms with Gasteiger partial charge in [-0.05, 0) is 23.3 Å². The van der Waals surface area contributed by atoms with Crippen molar-refractivity contribution in [1.29, 1.82) is 0 Å². The third kappa shape index (κ3) is 4.32. The average molecular weight is 429 g/mol. The highest BCUT2D eigenvalue weighted by atomic mass is 32.1. The van der Waals surface area contributed by atoms with Gasteiger partial charge < -0.3 is 9.64 Å². The molecule has 1 saturated heterocycles. The summed E-state index contributed by atoms with van der Waals surface area (Å²) in [5.41, 5.74) is 3.04. The topological polar surface area (TPSA) is 42.4 Å². The molecule has 0 unspecified atom stereocenters. The van der Waals surface area contributed by atoms with Crippen LogP contribution in [-0.4, -0.2) is 35.0 Å². The molecule has 156 valence electrons. The van der Waals surface area contributed by atoms with Gasteiger partial charge in [-0.3, -0.25) is 4.79 Å². The van der Waals surface area contributed by atoms with Gasteiger partial charge >= 0.3 is 0 Å². The molecule has 31 heavy (non-hydrogen) atoms. The van der Waals surface area contributed by atoms with Crippen LogP contribution in [0.1, 0.15) is 29.9 Å². The highest BCUT2D eigenvalue weighted by molar-refractivity contribution is 7.20. The molecule has 0 saturated carbocycles. The van der Waals surface area contributed by atoms with Crippen LogP contribution in [0.15, 0.2) is 84.9 Å². The number of likely N-dealkylation sites (tertiary alicyclic amines) is 1. The second-order valence-corrected chi connectivity index (χ2v) is 8.84. The van der Waals surface area contributed by atoms with Crippen molar-refractivity contribution < 1.29 is 9.53 Å². The molecule has 0 atom stereocenters. The Bertz CT molecular complexity index is 1080. The maximum Gasteiger partial charge on any atom is 0.274 e. The van der Waals surface area contributed by atoms with Crippen molar-refractivity contribution >= 4 is 27.5 Å². The predicted octanol–water partition coefficient (Wildman–Crippen LogP) is 5.50. The summed E-state index contributed by atoms with van der Waals surface area (Å²) in [7, 11) is 0. The predicted molar refractivity (Wildman–Crippen MR) is 125 cm³/mol. The van der Waals surface area contributed by atoms with Gasteiger partial charge in [0.05, 0.1) is 16.1 Å². The van der Waals surface area contributed by atoms with Gasteiger partial charge in [0.1, 0.15) is 6.10 Å². The van der Waals surface area contributed by atoms with Crippen LogP contribution < -0.4 is 4.74 Å². The molecule has 1 amide bonds. The van der Waals surface area contributed by atoms with E-state index in [2.05, 4.69) is 11.1 Å². The van der Waals surface area contributed by atoms with Gasteiger partial charge in [0.2, 0.25) is 5.91 Å². The zero-order valence-electron chi connectivity index (χ0n) is 17.2. The Kier molecular flexibility index (Phi) is 5.67. The molecule has 1 fully saturated rings. The van der Waals surface area contributed by atoms with Gasteiger partial charge in [-0.25, -0.2) is 4.98 Å². The molecule has 5 rings (SSSR count). The summed E-state index contributed by atoms with van der Waals surface area (Å²) in [5.74, 6) is -0.111. The lowest BCUT2D eigenvalue weighted by molar-refractivity contribution is -0.133. The Morgan fingerprint density at radius 1 is 0.871 bits per heavy atom. The number of thiazole rings is 1. The zero-order chi connectivity index (χ0) is 21.0. The van der Waals surface area contributed by atoms with Crippen molar-refractivity contribution in [3.63, 3.8) is 0 Å². The summed E-state index contributed by atoms with van der Waals surface area (Å²) in [4.78, 5) is 20.1. The first-order valence-corrected chi connectivity index (χ1v) is 11.5. The van der Waals surface area contributed by atoms with Crippen LogP contribution in [0, 0.1) is 0 Å². The summed E-state index contributed by atoms with van der Waals surface area (Å²) in [6.07, 6.45) is 1.73. The Hall–Kier alpha value is -3.18. The largest absolute Gasteiger partial charge is 0.467 e. The molecule has 4 aromatic rings. The van der Waals surface area contributed by atoms with E-state index in [1.807, 2.05) is 83.8 Å². The van der Waals surface area contributed by atoms with Crippen LogP contribution in [0.5, 0.6) is 5.19 Å². The molecule has 5 heteroatoms. The number of nitrogens with zero attached hydrogens (tertiary/aromatic N) is 2. The van der Waals surface area contributed by atoms with Crippen molar-refractivity contribution in [2.75, 3.05) is 13.1 Å². The highest BCUT2D eigenvalue weighted by Crippen LogP contribution is 2.31. The van der Waals surface area contributed by atoms with Gasteiger partial charge in [-0.1, -0.05) is 84.1 Å². The van der Waals surface area contributed by atoms with Crippen LogP contribution in [0.25, 0.3) is 10.2 Å². The van der Waals surface area contributed by atoms with Crippen LogP contribution in [0.4, 0.5) is 0 Å². The van der Waals surface area contributed by atoms with Gasteiger partial charge in [0.25, 0.3) is 5.19 Å². The van der Waals surface area contributed by atoms with E-state index in [0.717, 1.165) is 39.4 Å². The van der Waals surface area contributed by atoms with Crippen LogP contribution >= 0.6 is 11.3 Å². The second-order valence-electron chi connectivity index (χ2n) is 7.84. The Balaban J connectivity index is 1.28. The number of benzene rings is 3. The number of aromatic nitrogens is 1. The lowest BCUT2D eigenvalue weighted by Crippen LogP contribution is -2.44. The maximum atomic E-state index is 13.6. The normalized spacial score (nSPS) is 14.8. The summed E-state index contributed by atoms with van der Waals surface area (Å²) in [6.45, 7) is 1.40.